The lowest BCUT2D eigenvalue weighted by atomic mass is 10.0. The first kappa shape index (κ1) is 76.3. The van der Waals surface area contributed by atoms with E-state index in [0.717, 1.165) is 96.3 Å². The molecule has 0 fully saturated rings. The molecular weight excluding hydrogens is 985 g/mol. The van der Waals surface area contributed by atoms with Crippen molar-refractivity contribution in [1.82, 2.24) is 0 Å². The van der Waals surface area contributed by atoms with Crippen molar-refractivity contribution in [1.29, 1.82) is 0 Å². The van der Waals surface area contributed by atoms with Crippen LogP contribution in [0.2, 0.25) is 0 Å². The van der Waals surface area contributed by atoms with Crippen LogP contribution in [0.3, 0.4) is 0 Å². The molecule has 0 radical (unpaired) electrons. The van der Waals surface area contributed by atoms with Crippen molar-refractivity contribution in [2.45, 2.75) is 341 Å². The molecule has 0 aliphatic carbocycles. The lowest BCUT2D eigenvalue weighted by molar-refractivity contribution is -0.167. The van der Waals surface area contributed by atoms with E-state index >= 15 is 0 Å². The molecule has 6 heteroatoms. The summed E-state index contributed by atoms with van der Waals surface area (Å²) < 4.78 is 16.9. The summed E-state index contributed by atoms with van der Waals surface area (Å²) in [6.45, 7) is 6.51. The Morgan fingerprint density at radius 1 is 0.263 bits per heavy atom. The molecule has 0 aliphatic rings. The van der Waals surface area contributed by atoms with Crippen LogP contribution in [0.15, 0.2) is 97.2 Å². The Hall–Kier alpha value is -3.67. The van der Waals surface area contributed by atoms with E-state index in [9.17, 15) is 14.4 Å². The van der Waals surface area contributed by atoms with Crippen molar-refractivity contribution in [3.63, 3.8) is 0 Å². The van der Waals surface area contributed by atoms with Gasteiger partial charge in [-0.15, -0.1) is 0 Å². The minimum absolute atomic E-state index is 0.0940. The zero-order chi connectivity index (χ0) is 57.8. The van der Waals surface area contributed by atoms with Gasteiger partial charge in [0.05, 0.1) is 0 Å². The van der Waals surface area contributed by atoms with Gasteiger partial charge in [-0.2, -0.15) is 0 Å². The number of unbranched alkanes of at least 4 members (excludes halogenated alkanes) is 35. The van der Waals surface area contributed by atoms with Crippen LogP contribution in [0.5, 0.6) is 0 Å². The third-order valence-electron chi connectivity index (χ3n) is 14.8. The largest absolute Gasteiger partial charge is 0.462 e. The fourth-order valence-corrected chi connectivity index (χ4v) is 9.71. The molecule has 0 aromatic carbocycles. The Labute approximate surface area is 496 Å². The third kappa shape index (κ3) is 65.1. The summed E-state index contributed by atoms with van der Waals surface area (Å²) in [5.41, 5.74) is 0. The number of rotatable bonds is 62. The van der Waals surface area contributed by atoms with Crippen molar-refractivity contribution in [2.24, 2.45) is 0 Å². The number of ether oxygens (including phenoxy) is 3. The number of carbonyl (C=O) groups excluding carboxylic acids is 3. The van der Waals surface area contributed by atoms with E-state index < -0.39 is 6.10 Å². The maximum absolute atomic E-state index is 12.9. The molecule has 0 aromatic rings. The molecule has 460 valence electrons. The third-order valence-corrected chi connectivity index (χ3v) is 14.8. The molecule has 0 bridgehead atoms. The summed E-state index contributed by atoms with van der Waals surface area (Å²) in [6, 6.07) is 0. The van der Waals surface area contributed by atoms with Gasteiger partial charge < -0.3 is 14.2 Å². The molecule has 0 saturated heterocycles. The van der Waals surface area contributed by atoms with Gasteiger partial charge in [0.25, 0.3) is 0 Å². The van der Waals surface area contributed by atoms with Gasteiger partial charge in [0.2, 0.25) is 0 Å². The number of allylic oxidation sites excluding steroid dienone is 16. The van der Waals surface area contributed by atoms with Crippen molar-refractivity contribution in [3.8, 4) is 0 Å². The summed E-state index contributed by atoms with van der Waals surface area (Å²) in [5, 5.41) is 0. The summed E-state index contributed by atoms with van der Waals surface area (Å²) in [6.07, 6.45) is 91.4. The smallest absolute Gasteiger partial charge is 0.306 e. The van der Waals surface area contributed by atoms with E-state index in [4.69, 9.17) is 14.2 Å². The quantitative estimate of drug-likeness (QED) is 0.0261. The number of hydrogen-bond donors (Lipinski definition) is 0. The van der Waals surface area contributed by atoms with Crippen LogP contribution in [-0.2, 0) is 28.6 Å². The first-order valence-electron chi connectivity index (χ1n) is 34.2. The predicted octanol–water partition coefficient (Wildman–Crippen LogP) is 23.6. The molecule has 0 aromatic heterocycles. The Morgan fingerprint density at radius 3 is 0.812 bits per heavy atom. The molecule has 0 amide bonds. The van der Waals surface area contributed by atoms with Crippen LogP contribution in [0.4, 0.5) is 0 Å². The average Bonchev–Trinajstić information content (AvgIpc) is 3.46. The molecule has 0 aliphatic heterocycles. The Kier molecular flexibility index (Phi) is 64.7. The molecular formula is C74H128O6. The fraction of sp³-hybridized carbons (Fsp3) is 0.743. The minimum Gasteiger partial charge on any atom is -0.462 e. The molecule has 0 rings (SSSR count). The first-order valence-corrected chi connectivity index (χ1v) is 34.2. The van der Waals surface area contributed by atoms with E-state index in [0.29, 0.717) is 19.3 Å². The molecule has 6 nitrogen and oxygen atoms in total. The monoisotopic (exact) mass is 1110 g/mol. The van der Waals surface area contributed by atoms with E-state index in [2.05, 4.69) is 118 Å². The van der Waals surface area contributed by atoms with Crippen LogP contribution in [0, 0.1) is 0 Å². The second-order valence-corrected chi connectivity index (χ2v) is 22.7. The molecule has 1 atom stereocenters. The van der Waals surface area contributed by atoms with Crippen LogP contribution in [0.25, 0.3) is 0 Å². The predicted molar refractivity (Wildman–Crippen MR) is 348 cm³/mol. The second kappa shape index (κ2) is 67.8. The van der Waals surface area contributed by atoms with Gasteiger partial charge in [0, 0.05) is 19.3 Å². The van der Waals surface area contributed by atoms with Gasteiger partial charge in [0.15, 0.2) is 6.10 Å². The standard InChI is InChI=1S/C74H128O6/c1-4-7-10-13-16-19-22-25-28-31-34-36-38-40-43-46-49-52-55-58-61-64-67-73(76)79-70-71(69-78-72(75)66-63-60-57-54-51-48-45-42-39-33-30-27-24-21-18-15-12-9-6-3)80-74(77)68-65-62-59-56-53-50-47-44-41-37-35-32-29-26-23-20-17-14-11-8-5-2/h8,11,17-18,20-21,26-27,29-30,35,37,44,47,53,56,71H,4-7,9-10,12-16,19,22-25,28,31-34,36,38-43,45-46,48-52,54-55,57-70H2,1-3H3/b11-8-,20-17-,21-18-,29-26-,30-27-,37-35-,47-44-,56-53-. The molecule has 0 saturated carbocycles. The zero-order valence-electron chi connectivity index (χ0n) is 52.8. The van der Waals surface area contributed by atoms with Gasteiger partial charge >= 0.3 is 17.9 Å². The normalized spacial score (nSPS) is 12.7. The van der Waals surface area contributed by atoms with E-state index in [1.54, 1.807) is 0 Å². The maximum Gasteiger partial charge on any atom is 0.306 e. The topological polar surface area (TPSA) is 78.9 Å². The van der Waals surface area contributed by atoms with Crippen molar-refractivity contribution in [2.75, 3.05) is 13.2 Å². The minimum atomic E-state index is -0.804. The highest BCUT2D eigenvalue weighted by molar-refractivity contribution is 5.71. The highest BCUT2D eigenvalue weighted by Crippen LogP contribution is 2.17. The molecule has 0 spiro atoms. The van der Waals surface area contributed by atoms with Gasteiger partial charge in [-0.1, -0.05) is 311 Å². The number of carbonyl (C=O) groups is 3. The number of esters is 3. The SMILES string of the molecule is CC/C=C\C/C=C\C/C=C\C/C=C\C/C=C\C/C=C\CCCCC(=O)OC(COC(=O)CCCCCCCCCCC/C=C\C/C=C\CCCCC)COC(=O)CCCCCCCCCCCCCCCCCCCCCCCC. The second-order valence-electron chi connectivity index (χ2n) is 22.7. The lowest BCUT2D eigenvalue weighted by Crippen LogP contribution is -2.30. The molecule has 80 heavy (non-hydrogen) atoms. The lowest BCUT2D eigenvalue weighted by Gasteiger charge is -2.18. The molecule has 1 unspecified atom stereocenters. The summed E-state index contributed by atoms with van der Waals surface area (Å²) >= 11 is 0. The van der Waals surface area contributed by atoms with Crippen molar-refractivity contribution in [3.05, 3.63) is 97.2 Å². The maximum atomic E-state index is 12.9. The number of hydrogen-bond acceptors (Lipinski definition) is 6. The van der Waals surface area contributed by atoms with Gasteiger partial charge in [-0.05, 0) is 103 Å². The Bertz CT molecular complexity index is 1560. The molecule has 0 N–H and O–H groups in total. The van der Waals surface area contributed by atoms with Crippen LogP contribution in [0.1, 0.15) is 335 Å². The van der Waals surface area contributed by atoms with Gasteiger partial charge in [-0.3, -0.25) is 14.4 Å². The summed E-state index contributed by atoms with van der Waals surface area (Å²) in [5.74, 6) is -0.927. The Morgan fingerprint density at radius 2 is 0.487 bits per heavy atom. The Balaban J connectivity index is 4.43. The highest BCUT2D eigenvalue weighted by Gasteiger charge is 2.19. The summed E-state index contributed by atoms with van der Waals surface area (Å²) in [7, 11) is 0. The van der Waals surface area contributed by atoms with Gasteiger partial charge in [0.1, 0.15) is 13.2 Å². The van der Waals surface area contributed by atoms with Crippen molar-refractivity contribution < 1.29 is 28.6 Å². The average molecular weight is 1110 g/mol. The fourth-order valence-electron chi connectivity index (χ4n) is 9.71. The summed E-state index contributed by atoms with van der Waals surface area (Å²) in [4.78, 5) is 38.4. The van der Waals surface area contributed by atoms with E-state index in [1.807, 2.05) is 0 Å². The zero-order valence-corrected chi connectivity index (χ0v) is 52.8. The van der Waals surface area contributed by atoms with Gasteiger partial charge in [-0.25, -0.2) is 0 Å². The first-order chi connectivity index (χ1) is 39.5. The van der Waals surface area contributed by atoms with Crippen LogP contribution >= 0.6 is 0 Å². The highest BCUT2D eigenvalue weighted by atomic mass is 16.6. The van der Waals surface area contributed by atoms with Crippen molar-refractivity contribution >= 4 is 17.9 Å². The van der Waals surface area contributed by atoms with Crippen LogP contribution < -0.4 is 0 Å². The van der Waals surface area contributed by atoms with E-state index in [1.165, 1.54) is 193 Å². The van der Waals surface area contributed by atoms with Crippen LogP contribution in [-0.4, -0.2) is 37.2 Å². The van der Waals surface area contributed by atoms with E-state index in [-0.39, 0.29) is 37.5 Å². The molecule has 0 heterocycles.